The first-order valence-corrected chi connectivity index (χ1v) is 7.30. The maximum Gasteiger partial charge on any atom is 0.0599 e. The normalized spacial score (nSPS) is 18.2. The Morgan fingerprint density at radius 1 is 1.24 bits per heavy atom. The van der Waals surface area contributed by atoms with Gasteiger partial charge in [-0.1, -0.05) is 13.8 Å². The van der Waals surface area contributed by atoms with Crippen molar-refractivity contribution in [3.63, 3.8) is 0 Å². The van der Waals surface area contributed by atoms with Crippen molar-refractivity contribution in [3.05, 3.63) is 0 Å². The molecule has 1 heterocycles. The summed E-state index contributed by atoms with van der Waals surface area (Å²) in [6.07, 6.45) is 6.54. The quantitative estimate of drug-likeness (QED) is 0.661. The summed E-state index contributed by atoms with van der Waals surface area (Å²) in [7, 11) is 2.24. The Bertz CT molecular complexity index is 177. The van der Waals surface area contributed by atoms with Gasteiger partial charge in [-0.15, -0.1) is 0 Å². The standard InChI is InChI=1S/C14H30N2O/c1-4-13(5-2)16(3)11-6-12-17-14-7-9-15-10-8-14/h13-15H,4-12H2,1-3H3. The summed E-state index contributed by atoms with van der Waals surface area (Å²) in [6.45, 7) is 8.88. The van der Waals surface area contributed by atoms with Crippen LogP contribution < -0.4 is 5.32 Å². The summed E-state index contributed by atoms with van der Waals surface area (Å²) in [6, 6.07) is 0.744. The molecule has 1 fully saturated rings. The third kappa shape index (κ3) is 5.84. The van der Waals surface area contributed by atoms with Crippen molar-refractivity contribution in [2.24, 2.45) is 0 Å². The molecule has 3 heteroatoms. The molecule has 1 aliphatic heterocycles. The lowest BCUT2D eigenvalue weighted by Gasteiger charge is -2.27. The molecule has 0 saturated carbocycles. The Kier molecular flexibility index (Phi) is 7.82. The third-order valence-corrected chi connectivity index (χ3v) is 3.86. The summed E-state index contributed by atoms with van der Waals surface area (Å²) in [5.74, 6) is 0. The van der Waals surface area contributed by atoms with Crippen LogP contribution in [0.1, 0.15) is 46.0 Å². The average molecular weight is 242 g/mol. The van der Waals surface area contributed by atoms with Crippen molar-refractivity contribution < 1.29 is 4.74 Å². The van der Waals surface area contributed by atoms with Crippen molar-refractivity contribution in [1.29, 1.82) is 0 Å². The fourth-order valence-corrected chi connectivity index (χ4v) is 2.62. The van der Waals surface area contributed by atoms with Gasteiger partial charge in [0.15, 0.2) is 0 Å². The van der Waals surface area contributed by atoms with Gasteiger partial charge in [-0.05, 0) is 52.2 Å². The van der Waals surface area contributed by atoms with E-state index < -0.39 is 0 Å². The number of piperidine rings is 1. The molecule has 1 N–H and O–H groups in total. The van der Waals surface area contributed by atoms with Crippen LogP contribution in [0, 0.1) is 0 Å². The summed E-state index contributed by atoms with van der Waals surface area (Å²) < 4.78 is 5.91. The van der Waals surface area contributed by atoms with Crippen LogP contribution in [0.3, 0.4) is 0 Å². The largest absolute Gasteiger partial charge is 0.378 e. The maximum absolute atomic E-state index is 5.91. The van der Waals surface area contributed by atoms with Gasteiger partial charge >= 0.3 is 0 Å². The average Bonchev–Trinajstić information content (AvgIpc) is 2.37. The fraction of sp³-hybridized carbons (Fsp3) is 1.00. The summed E-state index contributed by atoms with van der Waals surface area (Å²) >= 11 is 0. The van der Waals surface area contributed by atoms with E-state index in [0.717, 1.165) is 38.7 Å². The minimum atomic E-state index is 0.509. The first-order chi connectivity index (χ1) is 8.27. The molecule has 3 nitrogen and oxygen atoms in total. The lowest BCUT2D eigenvalue weighted by molar-refractivity contribution is 0.0270. The molecule has 1 saturated heterocycles. The Hall–Kier alpha value is -0.120. The van der Waals surface area contributed by atoms with Gasteiger partial charge in [0.2, 0.25) is 0 Å². The van der Waals surface area contributed by atoms with Crippen LogP contribution in [-0.2, 0) is 4.74 Å². The second-order valence-electron chi connectivity index (χ2n) is 5.12. The smallest absolute Gasteiger partial charge is 0.0599 e. The molecule has 17 heavy (non-hydrogen) atoms. The second-order valence-corrected chi connectivity index (χ2v) is 5.12. The van der Waals surface area contributed by atoms with Gasteiger partial charge in [-0.3, -0.25) is 0 Å². The molecule has 0 aliphatic carbocycles. The summed E-state index contributed by atoms with van der Waals surface area (Å²) in [5.41, 5.74) is 0. The lowest BCUT2D eigenvalue weighted by atomic mass is 10.1. The number of ether oxygens (including phenoxy) is 1. The number of nitrogens with zero attached hydrogens (tertiary/aromatic N) is 1. The number of nitrogens with one attached hydrogen (secondary N) is 1. The number of hydrogen-bond donors (Lipinski definition) is 1. The van der Waals surface area contributed by atoms with Gasteiger partial charge in [0.1, 0.15) is 0 Å². The van der Waals surface area contributed by atoms with Crippen LogP contribution in [-0.4, -0.2) is 50.3 Å². The van der Waals surface area contributed by atoms with E-state index in [-0.39, 0.29) is 0 Å². The van der Waals surface area contributed by atoms with Gasteiger partial charge in [-0.2, -0.15) is 0 Å². The SMILES string of the molecule is CCC(CC)N(C)CCCOC1CCNCC1. The zero-order valence-corrected chi connectivity index (χ0v) is 11.9. The predicted molar refractivity (Wildman–Crippen MR) is 73.5 cm³/mol. The lowest BCUT2D eigenvalue weighted by Crippen LogP contribution is -2.34. The van der Waals surface area contributed by atoms with E-state index in [1.807, 2.05) is 0 Å². The van der Waals surface area contributed by atoms with E-state index in [0.29, 0.717) is 6.10 Å². The highest BCUT2D eigenvalue weighted by atomic mass is 16.5. The van der Waals surface area contributed by atoms with E-state index in [1.54, 1.807) is 0 Å². The van der Waals surface area contributed by atoms with Gasteiger partial charge in [0.05, 0.1) is 6.10 Å². The third-order valence-electron chi connectivity index (χ3n) is 3.86. The Labute approximate surface area is 107 Å². The minimum absolute atomic E-state index is 0.509. The minimum Gasteiger partial charge on any atom is -0.378 e. The number of hydrogen-bond acceptors (Lipinski definition) is 3. The highest BCUT2D eigenvalue weighted by Gasteiger charge is 2.13. The zero-order chi connectivity index (χ0) is 12.5. The predicted octanol–water partition coefficient (Wildman–Crippen LogP) is 2.27. The molecule has 0 amide bonds. The topological polar surface area (TPSA) is 24.5 Å². The molecular formula is C14H30N2O. The van der Waals surface area contributed by atoms with Crippen LogP contribution >= 0.6 is 0 Å². The van der Waals surface area contributed by atoms with E-state index in [1.165, 1.54) is 25.7 Å². The maximum atomic E-state index is 5.91. The molecule has 102 valence electrons. The first kappa shape index (κ1) is 14.9. The number of rotatable bonds is 8. The Morgan fingerprint density at radius 3 is 2.47 bits per heavy atom. The molecule has 0 spiro atoms. The molecular weight excluding hydrogens is 212 g/mol. The molecule has 0 atom stereocenters. The summed E-state index contributed by atoms with van der Waals surface area (Å²) in [5, 5.41) is 3.37. The van der Waals surface area contributed by atoms with Gasteiger partial charge in [0.25, 0.3) is 0 Å². The Morgan fingerprint density at radius 2 is 1.88 bits per heavy atom. The van der Waals surface area contributed by atoms with Crippen molar-refractivity contribution in [2.75, 3.05) is 33.3 Å². The molecule has 1 rings (SSSR count). The van der Waals surface area contributed by atoms with E-state index >= 15 is 0 Å². The van der Waals surface area contributed by atoms with E-state index in [4.69, 9.17) is 4.74 Å². The van der Waals surface area contributed by atoms with Crippen LogP contribution in [0.15, 0.2) is 0 Å². The van der Waals surface area contributed by atoms with Gasteiger partial charge < -0.3 is 15.0 Å². The molecule has 0 aromatic carbocycles. The Balaban J connectivity index is 2.02. The van der Waals surface area contributed by atoms with E-state index in [2.05, 4.69) is 31.1 Å². The van der Waals surface area contributed by atoms with Gasteiger partial charge in [0, 0.05) is 19.2 Å². The highest BCUT2D eigenvalue weighted by molar-refractivity contribution is 4.69. The van der Waals surface area contributed by atoms with Crippen LogP contribution in [0.2, 0.25) is 0 Å². The monoisotopic (exact) mass is 242 g/mol. The van der Waals surface area contributed by atoms with Crippen molar-refractivity contribution in [3.8, 4) is 0 Å². The van der Waals surface area contributed by atoms with Crippen LogP contribution in [0.5, 0.6) is 0 Å². The molecule has 0 unspecified atom stereocenters. The molecule has 1 aliphatic rings. The highest BCUT2D eigenvalue weighted by Crippen LogP contribution is 2.09. The molecule has 0 radical (unpaired) electrons. The van der Waals surface area contributed by atoms with Gasteiger partial charge in [-0.25, -0.2) is 0 Å². The molecule has 0 aromatic heterocycles. The zero-order valence-electron chi connectivity index (χ0n) is 11.9. The van der Waals surface area contributed by atoms with Crippen molar-refractivity contribution >= 4 is 0 Å². The fourth-order valence-electron chi connectivity index (χ4n) is 2.62. The van der Waals surface area contributed by atoms with E-state index in [9.17, 15) is 0 Å². The second kappa shape index (κ2) is 8.90. The van der Waals surface area contributed by atoms with Crippen LogP contribution in [0.4, 0.5) is 0 Å². The summed E-state index contributed by atoms with van der Waals surface area (Å²) in [4.78, 5) is 2.48. The molecule has 0 aromatic rings. The van der Waals surface area contributed by atoms with Crippen molar-refractivity contribution in [1.82, 2.24) is 10.2 Å². The van der Waals surface area contributed by atoms with Crippen molar-refractivity contribution in [2.45, 2.75) is 58.1 Å². The van der Waals surface area contributed by atoms with Crippen LogP contribution in [0.25, 0.3) is 0 Å². The first-order valence-electron chi connectivity index (χ1n) is 7.30. The molecule has 0 bridgehead atoms.